The molecule has 0 radical (unpaired) electrons. The molecular weight excluding hydrogens is 284 g/mol. The number of nitrogens with two attached hydrogens (primary N) is 1. The minimum Gasteiger partial charge on any atom is -0.492 e. The van der Waals surface area contributed by atoms with Crippen LogP contribution in [-0.4, -0.2) is 63.5 Å². The fourth-order valence-electron chi connectivity index (χ4n) is 2.28. The van der Waals surface area contributed by atoms with Crippen molar-refractivity contribution in [3.05, 3.63) is 29.8 Å². The molecule has 1 aliphatic rings. The number of benzene rings is 1. The number of rotatable bonds is 7. The van der Waals surface area contributed by atoms with Crippen LogP contribution in [0.1, 0.15) is 5.56 Å². The van der Waals surface area contributed by atoms with Crippen molar-refractivity contribution in [2.24, 2.45) is 5.73 Å². The van der Waals surface area contributed by atoms with Gasteiger partial charge in [0.05, 0.1) is 32.3 Å². The van der Waals surface area contributed by atoms with Gasteiger partial charge < -0.3 is 24.8 Å². The fourth-order valence-corrected chi connectivity index (χ4v) is 2.28. The molecule has 1 aromatic rings. The average Bonchev–Trinajstić information content (AvgIpc) is 2.54. The molecule has 1 heterocycles. The van der Waals surface area contributed by atoms with Crippen molar-refractivity contribution in [2.75, 3.05) is 46.6 Å². The molecule has 1 aliphatic heterocycles. The zero-order chi connectivity index (χ0) is 15.8. The number of nitrogens with zero attached hydrogens (tertiary/aromatic N) is 1. The summed E-state index contributed by atoms with van der Waals surface area (Å²) in [4.78, 5) is 14.0. The third-order valence-electron chi connectivity index (χ3n) is 3.43. The minimum absolute atomic E-state index is 0.0399. The van der Waals surface area contributed by atoms with Crippen molar-refractivity contribution in [2.45, 2.75) is 12.5 Å². The van der Waals surface area contributed by atoms with Gasteiger partial charge in [-0.15, -0.1) is 0 Å². The zero-order valence-corrected chi connectivity index (χ0v) is 13.0. The lowest BCUT2D eigenvalue weighted by Crippen LogP contribution is -2.41. The van der Waals surface area contributed by atoms with Crippen molar-refractivity contribution >= 4 is 5.91 Å². The maximum Gasteiger partial charge on any atom is 0.226 e. The third-order valence-corrected chi connectivity index (χ3v) is 3.43. The van der Waals surface area contributed by atoms with Crippen LogP contribution in [0.5, 0.6) is 5.75 Å². The lowest BCUT2D eigenvalue weighted by molar-refractivity contribution is -0.135. The van der Waals surface area contributed by atoms with E-state index in [4.69, 9.17) is 19.9 Å². The number of ether oxygens (including phenoxy) is 3. The molecule has 6 heteroatoms. The SMILES string of the molecule is CN(C[C@H]1COCCO1)C(=O)Cc1cccc(OCCN)c1. The van der Waals surface area contributed by atoms with Gasteiger partial charge in [0.15, 0.2) is 0 Å². The molecule has 1 atom stereocenters. The summed E-state index contributed by atoms with van der Waals surface area (Å²) in [6.07, 6.45) is 0.297. The van der Waals surface area contributed by atoms with E-state index in [1.165, 1.54) is 0 Å². The maximum absolute atomic E-state index is 12.3. The van der Waals surface area contributed by atoms with Crippen LogP contribution < -0.4 is 10.5 Å². The molecule has 2 rings (SSSR count). The Hall–Kier alpha value is -1.63. The number of carbonyl (C=O) groups is 1. The predicted octanol–water partition coefficient (Wildman–Crippen LogP) is 0.440. The van der Waals surface area contributed by atoms with E-state index in [0.29, 0.717) is 45.9 Å². The Bertz CT molecular complexity index is 475. The van der Waals surface area contributed by atoms with Gasteiger partial charge in [0, 0.05) is 20.1 Å². The summed E-state index contributed by atoms with van der Waals surface area (Å²) in [5.41, 5.74) is 6.34. The monoisotopic (exact) mass is 308 g/mol. The summed E-state index contributed by atoms with van der Waals surface area (Å²) >= 11 is 0. The number of hydrogen-bond donors (Lipinski definition) is 1. The van der Waals surface area contributed by atoms with Crippen LogP contribution in [0.25, 0.3) is 0 Å². The highest BCUT2D eigenvalue weighted by Crippen LogP contribution is 2.14. The molecule has 2 N–H and O–H groups in total. The van der Waals surface area contributed by atoms with Crippen LogP contribution in [0, 0.1) is 0 Å². The Kier molecular flexibility index (Phi) is 6.64. The van der Waals surface area contributed by atoms with Gasteiger partial charge in [-0.05, 0) is 17.7 Å². The van der Waals surface area contributed by atoms with Gasteiger partial charge in [-0.1, -0.05) is 12.1 Å². The normalized spacial score (nSPS) is 18.0. The van der Waals surface area contributed by atoms with Gasteiger partial charge >= 0.3 is 0 Å². The number of amides is 1. The first-order chi connectivity index (χ1) is 10.7. The van der Waals surface area contributed by atoms with Crippen LogP contribution >= 0.6 is 0 Å². The van der Waals surface area contributed by atoms with E-state index < -0.39 is 0 Å². The van der Waals surface area contributed by atoms with Crippen LogP contribution in [0.4, 0.5) is 0 Å². The maximum atomic E-state index is 12.3. The summed E-state index contributed by atoms with van der Waals surface area (Å²) in [5.74, 6) is 0.785. The van der Waals surface area contributed by atoms with E-state index in [9.17, 15) is 4.79 Å². The fraction of sp³-hybridized carbons (Fsp3) is 0.562. The average molecular weight is 308 g/mol. The van der Waals surface area contributed by atoms with Gasteiger partial charge in [0.25, 0.3) is 0 Å². The molecule has 6 nitrogen and oxygen atoms in total. The van der Waals surface area contributed by atoms with Gasteiger partial charge in [0.2, 0.25) is 5.91 Å². The molecule has 1 saturated heterocycles. The van der Waals surface area contributed by atoms with Crippen molar-refractivity contribution in [1.29, 1.82) is 0 Å². The first-order valence-corrected chi connectivity index (χ1v) is 7.54. The second-order valence-electron chi connectivity index (χ2n) is 5.30. The Labute approximate surface area is 131 Å². The smallest absolute Gasteiger partial charge is 0.226 e. The summed E-state index contributed by atoms with van der Waals surface area (Å²) in [5, 5.41) is 0. The molecule has 22 heavy (non-hydrogen) atoms. The van der Waals surface area contributed by atoms with E-state index in [1.54, 1.807) is 11.9 Å². The first-order valence-electron chi connectivity index (χ1n) is 7.54. The highest BCUT2D eigenvalue weighted by molar-refractivity contribution is 5.78. The molecule has 1 fully saturated rings. The van der Waals surface area contributed by atoms with E-state index >= 15 is 0 Å². The third kappa shape index (κ3) is 5.29. The molecule has 0 spiro atoms. The van der Waals surface area contributed by atoms with Crippen LogP contribution in [-0.2, 0) is 20.7 Å². The second kappa shape index (κ2) is 8.73. The van der Waals surface area contributed by atoms with Crippen LogP contribution in [0.15, 0.2) is 24.3 Å². The van der Waals surface area contributed by atoms with Gasteiger partial charge in [-0.2, -0.15) is 0 Å². The van der Waals surface area contributed by atoms with Gasteiger partial charge in [-0.25, -0.2) is 0 Å². The summed E-state index contributed by atoms with van der Waals surface area (Å²) in [6, 6.07) is 7.54. The molecule has 1 amide bonds. The van der Waals surface area contributed by atoms with Crippen LogP contribution in [0.3, 0.4) is 0 Å². The Balaban J connectivity index is 1.84. The van der Waals surface area contributed by atoms with Crippen molar-refractivity contribution in [1.82, 2.24) is 4.90 Å². The van der Waals surface area contributed by atoms with E-state index in [2.05, 4.69) is 0 Å². The first kappa shape index (κ1) is 16.7. The molecule has 0 unspecified atom stereocenters. The molecule has 122 valence electrons. The molecular formula is C16H24N2O4. The van der Waals surface area contributed by atoms with Crippen molar-refractivity contribution in [3.63, 3.8) is 0 Å². The van der Waals surface area contributed by atoms with Gasteiger partial charge in [-0.3, -0.25) is 4.79 Å². The standard InChI is InChI=1S/C16H24N2O4/c1-18(11-15-12-20-7-8-22-15)16(19)10-13-3-2-4-14(9-13)21-6-5-17/h2-4,9,15H,5-8,10-12,17H2,1H3/t15-/m0/s1. The van der Waals surface area contributed by atoms with Crippen LogP contribution in [0.2, 0.25) is 0 Å². The lowest BCUT2D eigenvalue weighted by atomic mass is 10.1. The van der Waals surface area contributed by atoms with E-state index in [1.807, 2.05) is 24.3 Å². The van der Waals surface area contributed by atoms with Crippen molar-refractivity contribution in [3.8, 4) is 5.75 Å². The molecule has 1 aromatic carbocycles. The quantitative estimate of drug-likeness (QED) is 0.791. The topological polar surface area (TPSA) is 74.0 Å². The predicted molar refractivity (Wildman–Crippen MR) is 82.9 cm³/mol. The summed E-state index contributed by atoms with van der Waals surface area (Å²) < 4.78 is 16.4. The second-order valence-corrected chi connectivity index (χ2v) is 5.30. The Morgan fingerprint density at radius 2 is 2.32 bits per heavy atom. The molecule has 0 saturated carbocycles. The largest absolute Gasteiger partial charge is 0.492 e. The Morgan fingerprint density at radius 1 is 1.45 bits per heavy atom. The summed E-state index contributed by atoms with van der Waals surface area (Å²) in [7, 11) is 1.79. The summed E-state index contributed by atoms with van der Waals surface area (Å²) in [6.45, 7) is 3.24. The number of likely N-dealkylation sites (N-methyl/N-ethyl adjacent to an activating group) is 1. The van der Waals surface area contributed by atoms with Gasteiger partial charge in [0.1, 0.15) is 12.4 Å². The molecule has 0 bridgehead atoms. The Morgan fingerprint density at radius 3 is 3.05 bits per heavy atom. The highest BCUT2D eigenvalue weighted by Gasteiger charge is 2.19. The highest BCUT2D eigenvalue weighted by atomic mass is 16.6. The van der Waals surface area contributed by atoms with Crippen molar-refractivity contribution < 1.29 is 19.0 Å². The lowest BCUT2D eigenvalue weighted by Gasteiger charge is -2.27. The zero-order valence-electron chi connectivity index (χ0n) is 13.0. The minimum atomic E-state index is -0.0399. The molecule has 0 aromatic heterocycles. The van der Waals surface area contributed by atoms with E-state index in [0.717, 1.165) is 11.3 Å². The van der Waals surface area contributed by atoms with E-state index in [-0.39, 0.29) is 12.0 Å². The number of hydrogen-bond acceptors (Lipinski definition) is 5. The molecule has 0 aliphatic carbocycles. The number of carbonyl (C=O) groups excluding carboxylic acids is 1.